The van der Waals surface area contributed by atoms with Crippen LogP contribution in [-0.2, 0) is 74.8 Å². The van der Waals surface area contributed by atoms with Gasteiger partial charge in [0, 0.05) is 13.7 Å². The van der Waals surface area contributed by atoms with Crippen molar-refractivity contribution in [2.45, 2.75) is 138 Å². The molecule has 0 spiro atoms. The van der Waals surface area contributed by atoms with Crippen molar-refractivity contribution in [3.63, 3.8) is 0 Å². The number of nitrogens with two attached hydrogens (primary N) is 1. The summed E-state index contributed by atoms with van der Waals surface area (Å²) in [4.78, 5) is 96.4. The minimum absolute atomic E-state index is 0.000653. The fraction of sp³-hybridized carbons (Fsp3) is 0.623. The second-order valence-corrected chi connectivity index (χ2v) is 23.5. The van der Waals surface area contributed by atoms with E-state index in [4.69, 9.17) is 48.4 Å². The highest BCUT2D eigenvalue weighted by molar-refractivity contribution is 5.89. The molecule has 478 valence electrons. The van der Waals surface area contributed by atoms with Crippen molar-refractivity contribution in [1.82, 2.24) is 37.0 Å². The maximum atomic E-state index is 14.9. The summed E-state index contributed by atoms with van der Waals surface area (Å²) < 4.78 is 48.9. The van der Waals surface area contributed by atoms with Gasteiger partial charge in [0.1, 0.15) is 43.0 Å². The van der Waals surface area contributed by atoms with Gasteiger partial charge in [-0.2, -0.15) is 0 Å². The van der Waals surface area contributed by atoms with E-state index in [1.165, 1.54) is 18.3 Å². The van der Waals surface area contributed by atoms with Crippen molar-refractivity contribution in [2.75, 3.05) is 93.4 Å². The molecule has 0 heterocycles. The number of esters is 1. The van der Waals surface area contributed by atoms with Crippen LogP contribution in [0.3, 0.4) is 0 Å². The number of carbonyl (C=O) groups is 7. The molecule has 24 nitrogen and oxygen atoms in total. The van der Waals surface area contributed by atoms with E-state index >= 15 is 0 Å². The van der Waals surface area contributed by atoms with E-state index in [0.717, 1.165) is 5.56 Å². The predicted molar refractivity (Wildman–Crippen MR) is 321 cm³/mol. The summed E-state index contributed by atoms with van der Waals surface area (Å²) in [6, 6.07) is 12.1. The first-order chi connectivity index (χ1) is 40.1. The van der Waals surface area contributed by atoms with Gasteiger partial charge in [0.2, 0.25) is 11.8 Å². The van der Waals surface area contributed by atoms with Gasteiger partial charge in [0.25, 0.3) is 5.91 Å². The Labute approximate surface area is 503 Å². The summed E-state index contributed by atoms with van der Waals surface area (Å²) in [5.74, 6) is -3.40. The third-order valence-electron chi connectivity index (χ3n) is 12.5. The van der Waals surface area contributed by atoms with Gasteiger partial charge in [0.05, 0.1) is 79.2 Å². The van der Waals surface area contributed by atoms with Gasteiger partial charge >= 0.3 is 24.2 Å². The van der Waals surface area contributed by atoms with Gasteiger partial charge in [-0.05, 0) is 78.8 Å². The number of methoxy groups -OCH3 is 2. The highest BCUT2D eigenvalue weighted by Crippen LogP contribution is 2.24. The summed E-state index contributed by atoms with van der Waals surface area (Å²) in [6.45, 7) is 23.0. The van der Waals surface area contributed by atoms with Crippen LogP contribution in [0.1, 0.15) is 106 Å². The number of benzene rings is 2. The highest BCUT2D eigenvalue weighted by Gasteiger charge is 2.39. The Bertz CT molecular complexity index is 2370. The third-order valence-corrected chi connectivity index (χ3v) is 12.5. The molecule has 6 atom stereocenters. The average molecular weight is 1200 g/mol. The molecule has 0 saturated carbocycles. The lowest BCUT2D eigenvalue weighted by molar-refractivity contribution is -0.154. The van der Waals surface area contributed by atoms with E-state index in [-0.39, 0.29) is 51.9 Å². The number of hydrazine groups is 1. The molecule has 2 aromatic carbocycles. The molecular formula is C61H98N8O16. The molecule has 0 bridgehead atoms. The SMILES string of the molecule is COCCOCCOCCOCCOCCOC(=O)N[C@H](C(=O)N[C@@H](Cc1ccccc1)[C@H](CN(Cc1ccc(C(C)/C=C\C=C/N)cc1)NC(=O)[C@@H](NC(=O)OC)C(C)(C)C)OC(=O)CNC(=O)[C@@H](NC(=O)OC(C)(C)C)C(C)C)C(C)(C)C. The molecule has 0 fully saturated rings. The quantitative estimate of drug-likeness (QED) is 0.0143. The van der Waals surface area contributed by atoms with Crippen molar-refractivity contribution < 1.29 is 76.2 Å². The Kier molecular flexibility index (Phi) is 34.1. The summed E-state index contributed by atoms with van der Waals surface area (Å²) in [5, 5.41) is 15.1. The first kappa shape index (κ1) is 74.3. The van der Waals surface area contributed by atoms with Crippen LogP contribution in [0.5, 0.6) is 0 Å². The van der Waals surface area contributed by atoms with Crippen LogP contribution < -0.4 is 37.7 Å². The molecule has 1 unspecified atom stereocenters. The van der Waals surface area contributed by atoms with E-state index in [1.807, 2.05) is 61.5 Å². The number of ether oxygens (including phenoxy) is 9. The molecule has 0 radical (unpaired) electrons. The summed E-state index contributed by atoms with van der Waals surface area (Å²) in [5.41, 5.74) is 8.24. The molecule has 24 heteroatoms. The Balaban J connectivity index is 2.61. The lowest BCUT2D eigenvalue weighted by Gasteiger charge is -2.37. The molecule has 0 saturated heterocycles. The molecular weight excluding hydrogens is 1100 g/mol. The van der Waals surface area contributed by atoms with Gasteiger partial charge in [-0.1, -0.05) is 129 Å². The number of hydrogen-bond donors (Lipinski definition) is 7. The van der Waals surface area contributed by atoms with Crippen molar-refractivity contribution in [3.8, 4) is 0 Å². The monoisotopic (exact) mass is 1200 g/mol. The minimum atomic E-state index is -1.34. The van der Waals surface area contributed by atoms with Gasteiger partial charge in [0.15, 0.2) is 0 Å². The zero-order valence-corrected chi connectivity index (χ0v) is 52.5. The third kappa shape index (κ3) is 31.8. The maximum absolute atomic E-state index is 14.9. The van der Waals surface area contributed by atoms with Crippen LogP contribution in [0.4, 0.5) is 14.4 Å². The average Bonchev–Trinajstić information content (AvgIpc) is 3.61. The van der Waals surface area contributed by atoms with E-state index in [9.17, 15) is 33.6 Å². The molecule has 6 amide bonds. The molecule has 8 N–H and O–H groups in total. The van der Waals surface area contributed by atoms with Crippen molar-refractivity contribution in [3.05, 3.63) is 95.7 Å². The first-order valence-electron chi connectivity index (χ1n) is 28.7. The zero-order valence-electron chi connectivity index (χ0n) is 52.5. The van der Waals surface area contributed by atoms with E-state index in [1.54, 1.807) is 101 Å². The Hall–Kier alpha value is -6.83. The van der Waals surface area contributed by atoms with Crippen LogP contribution in [0.2, 0.25) is 0 Å². The Morgan fingerprint density at radius 2 is 1.14 bits per heavy atom. The number of amides is 6. The predicted octanol–water partition coefficient (Wildman–Crippen LogP) is 5.58. The number of hydrogen-bond acceptors (Lipinski definition) is 18. The summed E-state index contributed by atoms with van der Waals surface area (Å²) >= 11 is 0. The maximum Gasteiger partial charge on any atom is 0.408 e. The number of nitrogens with zero attached hydrogens (tertiary/aromatic N) is 1. The van der Waals surface area contributed by atoms with Crippen LogP contribution in [-0.4, -0.2) is 176 Å². The van der Waals surface area contributed by atoms with Crippen LogP contribution in [0.15, 0.2) is 79.0 Å². The van der Waals surface area contributed by atoms with Crippen LogP contribution in [0.25, 0.3) is 0 Å². The molecule has 0 aliphatic heterocycles. The molecule has 2 rings (SSSR count). The van der Waals surface area contributed by atoms with Gasteiger partial charge < -0.3 is 74.9 Å². The van der Waals surface area contributed by atoms with Crippen molar-refractivity contribution in [1.29, 1.82) is 0 Å². The van der Waals surface area contributed by atoms with E-state index in [2.05, 4.69) is 32.0 Å². The molecule has 85 heavy (non-hydrogen) atoms. The highest BCUT2D eigenvalue weighted by atomic mass is 16.6. The second-order valence-electron chi connectivity index (χ2n) is 23.5. The lowest BCUT2D eigenvalue weighted by Crippen LogP contribution is -2.61. The van der Waals surface area contributed by atoms with Crippen molar-refractivity contribution in [2.24, 2.45) is 22.5 Å². The molecule has 0 aliphatic carbocycles. The van der Waals surface area contributed by atoms with E-state index in [0.29, 0.717) is 50.8 Å². The standard InChI is InChI=1S/C61H98N8O16/c1-42(2)50(65-58(76)85-61(10,11)12)53(71)63-39-49(70)84-48(41-69(68-55(73)52(60(7,8)9)66-56(74)78-14)40-45-23-25-46(26-24-45)43(3)20-18-19-27-62)47(38-44-21-16-15-17-22-44)64-54(72)51(59(4,5)6)67-57(75)83-37-36-82-35-34-81-33-32-80-31-30-79-29-28-77-13/h15-27,42-43,47-48,50-52H,28-41,62H2,1-14H3,(H,63,71)(H,64,72)(H,65,76)(H,66,74)(H,67,75)(H,68,73)/b20-18-,27-19-/t43?,47-,48-,50-,51+,52+/m0/s1. The summed E-state index contributed by atoms with van der Waals surface area (Å²) in [7, 11) is 2.78. The lowest BCUT2D eigenvalue weighted by atomic mass is 9.85. The van der Waals surface area contributed by atoms with E-state index < -0.39 is 101 Å². The zero-order chi connectivity index (χ0) is 63.6. The fourth-order valence-corrected chi connectivity index (χ4v) is 8.03. The molecule has 2 aromatic rings. The van der Waals surface area contributed by atoms with Crippen LogP contribution >= 0.6 is 0 Å². The van der Waals surface area contributed by atoms with Crippen molar-refractivity contribution >= 4 is 42.0 Å². The van der Waals surface area contributed by atoms with Crippen LogP contribution in [0, 0.1) is 16.7 Å². The fourth-order valence-electron chi connectivity index (χ4n) is 8.03. The number of alkyl carbamates (subject to hydrolysis) is 3. The number of carbonyl (C=O) groups excluding carboxylic acids is 7. The largest absolute Gasteiger partial charge is 0.457 e. The number of nitrogens with one attached hydrogen (secondary N) is 6. The van der Waals surface area contributed by atoms with Gasteiger partial charge in [-0.15, -0.1) is 0 Å². The Morgan fingerprint density at radius 3 is 1.66 bits per heavy atom. The normalized spacial score (nSPS) is 14.2. The smallest absolute Gasteiger partial charge is 0.408 e. The molecule has 0 aromatic heterocycles. The number of allylic oxidation sites excluding steroid dienone is 3. The summed E-state index contributed by atoms with van der Waals surface area (Å²) in [6.07, 6.45) is 3.10. The minimum Gasteiger partial charge on any atom is -0.457 e. The molecule has 0 aliphatic rings. The second kappa shape index (κ2) is 39.0. The van der Waals surface area contributed by atoms with Gasteiger partial charge in [-0.3, -0.25) is 24.6 Å². The van der Waals surface area contributed by atoms with Gasteiger partial charge in [-0.25, -0.2) is 19.4 Å². The number of rotatable bonds is 37. The topological polar surface area (TPSA) is 304 Å². The first-order valence-corrected chi connectivity index (χ1v) is 28.7. The Morgan fingerprint density at radius 1 is 0.600 bits per heavy atom.